The zero-order chi connectivity index (χ0) is 15.8. The van der Waals surface area contributed by atoms with Gasteiger partial charge in [0.2, 0.25) is 5.91 Å². The number of nitrogens with one attached hydrogen (secondary N) is 2. The first kappa shape index (κ1) is 16.1. The molecule has 0 aromatic heterocycles. The van der Waals surface area contributed by atoms with Gasteiger partial charge in [-0.05, 0) is 54.9 Å². The van der Waals surface area contributed by atoms with Crippen molar-refractivity contribution in [1.29, 1.82) is 0 Å². The number of rotatable bonds is 7. The van der Waals surface area contributed by atoms with Crippen LogP contribution in [0.25, 0.3) is 0 Å². The van der Waals surface area contributed by atoms with Gasteiger partial charge in [-0.15, -0.1) is 0 Å². The summed E-state index contributed by atoms with van der Waals surface area (Å²) in [6.45, 7) is 1.27. The molecule has 2 aromatic carbocycles. The Labute approximate surface area is 128 Å². The highest BCUT2D eigenvalue weighted by atomic mass is 19.1. The summed E-state index contributed by atoms with van der Waals surface area (Å²) in [5, 5.41) is 5.86. The van der Waals surface area contributed by atoms with Crippen LogP contribution in [0, 0.1) is 11.6 Å². The molecule has 0 aliphatic rings. The Hall–Kier alpha value is -2.27. The van der Waals surface area contributed by atoms with E-state index in [0.717, 1.165) is 18.5 Å². The Balaban J connectivity index is 1.61. The van der Waals surface area contributed by atoms with Gasteiger partial charge in [0, 0.05) is 18.7 Å². The number of carbonyl (C=O) groups excluding carboxylic acids is 1. The zero-order valence-electron chi connectivity index (χ0n) is 12.1. The lowest BCUT2D eigenvalue weighted by Crippen LogP contribution is -2.23. The quantitative estimate of drug-likeness (QED) is 0.772. The standard InChI is InChI=1S/C17H18F2N2O/c18-14-3-1-13(2-4-14)9-11-20-12-10-17(22)21-16-7-5-15(19)6-8-16/h1-8,20H,9-12H2,(H,21,22). The fourth-order valence-electron chi connectivity index (χ4n) is 1.97. The van der Waals surface area contributed by atoms with Crippen molar-refractivity contribution < 1.29 is 13.6 Å². The van der Waals surface area contributed by atoms with E-state index in [1.54, 1.807) is 12.1 Å². The molecule has 5 heteroatoms. The maximum Gasteiger partial charge on any atom is 0.225 e. The summed E-state index contributed by atoms with van der Waals surface area (Å²) in [5.41, 5.74) is 1.63. The third kappa shape index (κ3) is 5.61. The highest BCUT2D eigenvalue weighted by Crippen LogP contribution is 2.08. The van der Waals surface area contributed by atoms with Crippen LogP contribution in [0.1, 0.15) is 12.0 Å². The molecule has 116 valence electrons. The number of halogens is 2. The van der Waals surface area contributed by atoms with E-state index in [1.807, 2.05) is 0 Å². The summed E-state index contributed by atoms with van der Waals surface area (Å²) in [6.07, 6.45) is 1.11. The van der Waals surface area contributed by atoms with Crippen LogP contribution < -0.4 is 10.6 Å². The Bertz CT molecular complexity index is 597. The molecule has 0 aliphatic carbocycles. The Morgan fingerprint density at radius 3 is 2.09 bits per heavy atom. The molecule has 0 atom stereocenters. The van der Waals surface area contributed by atoms with Crippen LogP contribution >= 0.6 is 0 Å². The van der Waals surface area contributed by atoms with E-state index in [2.05, 4.69) is 10.6 Å². The molecule has 2 rings (SSSR count). The molecule has 0 spiro atoms. The van der Waals surface area contributed by atoms with Crippen LogP contribution in [0.4, 0.5) is 14.5 Å². The number of hydrogen-bond donors (Lipinski definition) is 2. The summed E-state index contributed by atoms with van der Waals surface area (Å²) in [4.78, 5) is 11.7. The number of anilines is 1. The van der Waals surface area contributed by atoms with Gasteiger partial charge in [-0.25, -0.2) is 8.78 Å². The van der Waals surface area contributed by atoms with Gasteiger partial charge in [-0.3, -0.25) is 4.79 Å². The van der Waals surface area contributed by atoms with Crippen LogP contribution in [-0.2, 0) is 11.2 Å². The van der Waals surface area contributed by atoms with Crippen molar-refractivity contribution in [2.45, 2.75) is 12.8 Å². The molecule has 2 N–H and O–H groups in total. The zero-order valence-corrected chi connectivity index (χ0v) is 12.1. The predicted octanol–water partition coefficient (Wildman–Crippen LogP) is 3.13. The third-order valence-corrected chi connectivity index (χ3v) is 3.16. The van der Waals surface area contributed by atoms with Crippen molar-refractivity contribution in [2.75, 3.05) is 18.4 Å². The molecule has 0 radical (unpaired) electrons. The molecule has 3 nitrogen and oxygen atoms in total. The predicted molar refractivity (Wildman–Crippen MR) is 82.6 cm³/mol. The summed E-state index contributed by atoms with van der Waals surface area (Å²) in [6, 6.07) is 12.0. The molecule has 0 heterocycles. The SMILES string of the molecule is O=C(CCNCCc1ccc(F)cc1)Nc1ccc(F)cc1. The molecular formula is C17H18F2N2O. The van der Waals surface area contributed by atoms with Gasteiger partial charge in [0.05, 0.1) is 0 Å². The van der Waals surface area contributed by atoms with E-state index < -0.39 is 0 Å². The summed E-state index contributed by atoms with van der Waals surface area (Å²) < 4.78 is 25.5. The van der Waals surface area contributed by atoms with Crippen molar-refractivity contribution in [2.24, 2.45) is 0 Å². The van der Waals surface area contributed by atoms with E-state index in [0.29, 0.717) is 18.7 Å². The minimum absolute atomic E-state index is 0.124. The Morgan fingerprint density at radius 1 is 0.864 bits per heavy atom. The van der Waals surface area contributed by atoms with Gasteiger partial charge in [-0.2, -0.15) is 0 Å². The van der Waals surface area contributed by atoms with Crippen molar-refractivity contribution >= 4 is 11.6 Å². The molecular weight excluding hydrogens is 286 g/mol. The van der Waals surface area contributed by atoms with Gasteiger partial charge < -0.3 is 10.6 Å². The second-order valence-corrected chi connectivity index (χ2v) is 4.93. The lowest BCUT2D eigenvalue weighted by molar-refractivity contribution is -0.116. The fourth-order valence-corrected chi connectivity index (χ4v) is 1.97. The first-order chi connectivity index (χ1) is 10.6. The lowest BCUT2D eigenvalue weighted by Gasteiger charge is -2.07. The molecule has 0 aliphatic heterocycles. The van der Waals surface area contributed by atoms with Gasteiger partial charge in [0.25, 0.3) is 0 Å². The van der Waals surface area contributed by atoms with Crippen molar-refractivity contribution in [1.82, 2.24) is 5.32 Å². The van der Waals surface area contributed by atoms with Crippen LogP contribution in [-0.4, -0.2) is 19.0 Å². The van der Waals surface area contributed by atoms with Gasteiger partial charge in [0.15, 0.2) is 0 Å². The Morgan fingerprint density at radius 2 is 1.45 bits per heavy atom. The second-order valence-electron chi connectivity index (χ2n) is 4.93. The normalized spacial score (nSPS) is 10.5. The minimum atomic E-state index is -0.333. The molecule has 0 unspecified atom stereocenters. The molecule has 22 heavy (non-hydrogen) atoms. The second kappa shape index (κ2) is 8.24. The monoisotopic (exact) mass is 304 g/mol. The van der Waals surface area contributed by atoms with E-state index in [9.17, 15) is 13.6 Å². The van der Waals surface area contributed by atoms with Crippen molar-refractivity contribution in [3.63, 3.8) is 0 Å². The van der Waals surface area contributed by atoms with Crippen LogP contribution in [0.5, 0.6) is 0 Å². The highest BCUT2D eigenvalue weighted by Gasteiger charge is 2.02. The minimum Gasteiger partial charge on any atom is -0.326 e. The maximum atomic E-state index is 12.7. The number of amides is 1. The first-order valence-electron chi connectivity index (χ1n) is 7.14. The first-order valence-corrected chi connectivity index (χ1v) is 7.14. The summed E-state index contributed by atoms with van der Waals surface area (Å²) >= 11 is 0. The van der Waals surface area contributed by atoms with Crippen molar-refractivity contribution in [3.8, 4) is 0 Å². The van der Waals surface area contributed by atoms with Gasteiger partial charge >= 0.3 is 0 Å². The fraction of sp³-hybridized carbons (Fsp3) is 0.235. The van der Waals surface area contributed by atoms with Crippen molar-refractivity contribution in [3.05, 3.63) is 65.7 Å². The summed E-state index contributed by atoms with van der Waals surface area (Å²) in [7, 11) is 0. The number of carbonyl (C=O) groups is 1. The third-order valence-electron chi connectivity index (χ3n) is 3.16. The molecule has 0 bridgehead atoms. The average molecular weight is 304 g/mol. The maximum absolute atomic E-state index is 12.7. The largest absolute Gasteiger partial charge is 0.326 e. The van der Waals surface area contributed by atoms with E-state index >= 15 is 0 Å². The van der Waals surface area contributed by atoms with Crippen LogP contribution in [0.2, 0.25) is 0 Å². The van der Waals surface area contributed by atoms with Gasteiger partial charge in [-0.1, -0.05) is 12.1 Å². The molecule has 2 aromatic rings. The smallest absolute Gasteiger partial charge is 0.225 e. The van der Waals surface area contributed by atoms with Gasteiger partial charge in [0.1, 0.15) is 11.6 Å². The highest BCUT2D eigenvalue weighted by molar-refractivity contribution is 5.90. The molecule has 1 amide bonds. The van der Waals surface area contributed by atoms with Crippen LogP contribution in [0.15, 0.2) is 48.5 Å². The van der Waals surface area contributed by atoms with E-state index in [1.165, 1.54) is 36.4 Å². The molecule has 0 saturated heterocycles. The topological polar surface area (TPSA) is 41.1 Å². The lowest BCUT2D eigenvalue weighted by atomic mass is 10.1. The molecule has 0 saturated carbocycles. The molecule has 0 fully saturated rings. The Kier molecular flexibility index (Phi) is 6.03. The van der Waals surface area contributed by atoms with Crippen LogP contribution in [0.3, 0.4) is 0 Å². The number of hydrogen-bond acceptors (Lipinski definition) is 2. The summed E-state index contributed by atoms with van der Waals surface area (Å²) in [5.74, 6) is -0.699. The number of benzene rings is 2. The van der Waals surface area contributed by atoms with E-state index in [4.69, 9.17) is 0 Å². The van der Waals surface area contributed by atoms with E-state index in [-0.39, 0.29) is 17.5 Å². The average Bonchev–Trinajstić information content (AvgIpc) is 2.51.